The van der Waals surface area contributed by atoms with Gasteiger partial charge >= 0.3 is 0 Å². The Labute approximate surface area is 151 Å². The third-order valence-corrected chi connectivity index (χ3v) is 5.13. The molecule has 0 aliphatic carbocycles. The number of rotatable bonds is 6. The second-order valence-electron chi connectivity index (χ2n) is 6.52. The number of thiophene rings is 1. The van der Waals surface area contributed by atoms with Crippen molar-refractivity contribution in [1.82, 2.24) is 15.1 Å². The molecule has 0 fully saturated rings. The highest BCUT2D eigenvalue weighted by Gasteiger charge is 2.16. The lowest BCUT2D eigenvalue weighted by Gasteiger charge is -2.06. The second-order valence-corrected chi connectivity index (χ2v) is 7.55. The van der Waals surface area contributed by atoms with Crippen LogP contribution < -0.4 is 10.1 Å². The largest absolute Gasteiger partial charge is 0.497 e. The number of fused-ring (bicyclic) bond motifs is 1. The average Bonchev–Trinajstić information content (AvgIpc) is 3.15. The van der Waals surface area contributed by atoms with Crippen LogP contribution in [0.15, 0.2) is 30.3 Å². The molecule has 0 aliphatic rings. The van der Waals surface area contributed by atoms with Crippen molar-refractivity contribution in [2.45, 2.75) is 33.9 Å². The molecule has 3 rings (SSSR count). The Balaban J connectivity index is 1.73. The van der Waals surface area contributed by atoms with Crippen molar-refractivity contribution >= 4 is 27.5 Å². The number of nitrogens with zero attached hydrogens (tertiary/aromatic N) is 2. The van der Waals surface area contributed by atoms with Crippen LogP contribution in [0.3, 0.4) is 0 Å². The maximum Gasteiger partial charge on any atom is 0.261 e. The van der Waals surface area contributed by atoms with Crippen molar-refractivity contribution in [3.8, 4) is 5.75 Å². The molecule has 0 radical (unpaired) electrons. The molecule has 1 N–H and O–H groups in total. The predicted molar refractivity (Wildman–Crippen MR) is 101 cm³/mol. The van der Waals surface area contributed by atoms with Gasteiger partial charge in [0.1, 0.15) is 10.6 Å². The molecule has 0 saturated heterocycles. The Morgan fingerprint density at radius 1 is 1.32 bits per heavy atom. The van der Waals surface area contributed by atoms with E-state index in [1.807, 2.05) is 41.9 Å². The number of benzene rings is 1. The van der Waals surface area contributed by atoms with Crippen LogP contribution >= 0.6 is 11.3 Å². The van der Waals surface area contributed by atoms with Crippen LogP contribution in [-0.2, 0) is 13.1 Å². The highest BCUT2D eigenvalue weighted by Crippen LogP contribution is 2.29. The summed E-state index contributed by atoms with van der Waals surface area (Å²) in [5.74, 6) is 1.27. The molecule has 0 aliphatic heterocycles. The molecule has 1 aromatic carbocycles. The van der Waals surface area contributed by atoms with Crippen LogP contribution in [0.1, 0.15) is 34.8 Å². The fourth-order valence-corrected chi connectivity index (χ4v) is 3.79. The smallest absolute Gasteiger partial charge is 0.261 e. The molecule has 0 atom stereocenters. The van der Waals surface area contributed by atoms with E-state index in [2.05, 4.69) is 24.3 Å². The summed E-state index contributed by atoms with van der Waals surface area (Å²) >= 11 is 1.50. The highest BCUT2D eigenvalue weighted by atomic mass is 32.1. The van der Waals surface area contributed by atoms with Gasteiger partial charge in [0.05, 0.1) is 17.7 Å². The Kier molecular flexibility index (Phi) is 5.08. The van der Waals surface area contributed by atoms with Gasteiger partial charge in [0.25, 0.3) is 5.91 Å². The standard InChI is InChI=1S/C19H23N3O2S/c1-12(2)11-22-19-16(13(3)21-22)9-17(25-19)18(23)20-10-14-5-7-15(24-4)8-6-14/h5-9,12H,10-11H2,1-4H3,(H,20,23). The summed E-state index contributed by atoms with van der Waals surface area (Å²) in [5.41, 5.74) is 2.01. The minimum absolute atomic E-state index is 0.0486. The number of ether oxygens (including phenoxy) is 1. The van der Waals surface area contributed by atoms with E-state index in [9.17, 15) is 4.79 Å². The van der Waals surface area contributed by atoms with E-state index in [4.69, 9.17) is 4.74 Å². The van der Waals surface area contributed by atoms with Crippen LogP contribution in [0.2, 0.25) is 0 Å². The SMILES string of the molecule is COc1ccc(CNC(=O)c2cc3c(C)nn(CC(C)C)c3s2)cc1. The van der Waals surface area contributed by atoms with Crippen LogP contribution in [0.25, 0.3) is 10.2 Å². The monoisotopic (exact) mass is 357 g/mol. The number of methoxy groups -OCH3 is 1. The molecule has 3 aromatic rings. The first kappa shape index (κ1) is 17.5. The average molecular weight is 357 g/mol. The summed E-state index contributed by atoms with van der Waals surface area (Å²) in [6, 6.07) is 9.64. The first-order valence-corrected chi connectivity index (χ1v) is 9.17. The van der Waals surface area contributed by atoms with Crippen LogP contribution in [-0.4, -0.2) is 22.8 Å². The normalized spacial score (nSPS) is 11.2. The number of hydrogen-bond donors (Lipinski definition) is 1. The molecule has 5 nitrogen and oxygen atoms in total. The minimum Gasteiger partial charge on any atom is -0.497 e. The van der Waals surface area contributed by atoms with E-state index in [-0.39, 0.29) is 5.91 Å². The third-order valence-electron chi connectivity index (χ3n) is 3.98. The number of carbonyl (C=O) groups is 1. The van der Waals surface area contributed by atoms with E-state index in [1.165, 1.54) is 11.3 Å². The second kappa shape index (κ2) is 7.27. The lowest BCUT2D eigenvalue weighted by atomic mass is 10.2. The van der Waals surface area contributed by atoms with Crippen molar-refractivity contribution in [3.05, 3.63) is 46.5 Å². The summed E-state index contributed by atoms with van der Waals surface area (Å²) in [5, 5.41) is 8.64. The molecule has 2 heterocycles. The molecule has 0 saturated carbocycles. The highest BCUT2D eigenvalue weighted by molar-refractivity contribution is 7.20. The van der Waals surface area contributed by atoms with Crippen molar-refractivity contribution in [3.63, 3.8) is 0 Å². The zero-order chi connectivity index (χ0) is 18.0. The van der Waals surface area contributed by atoms with Crippen molar-refractivity contribution in [1.29, 1.82) is 0 Å². The lowest BCUT2D eigenvalue weighted by Crippen LogP contribution is -2.21. The van der Waals surface area contributed by atoms with Gasteiger partial charge in [-0.25, -0.2) is 0 Å². The van der Waals surface area contributed by atoms with Crippen LogP contribution in [0, 0.1) is 12.8 Å². The molecule has 0 bridgehead atoms. The van der Waals surface area contributed by atoms with Gasteiger partial charge in [0.15, 0.2) is 0 Å². The summed E-state index contributed by atoms with van der Waals surface area (Å²) in [7, 11) is 1.64. The number of nitrogens with one attached hydrogen (secondary N) is 1. The Morgan fingerprint density at radius 2 is 2.04 bits per heavy atom. The van der Waals surface area contributed by atoms with Gasteiger partial charge in [0.2, 0.25) is 0 Å². The fourth-order valence-electron chi connectivity index (χ4n) is 2.71. The molecule has 1 amide bonds. The van der Waals surface area contributed by atoms with E-state index in [0.717, 1.165) is 38.6 Å². The van der Waals surface area contributed by atoms with E-state index in [0.29, 0.717) is 12.5 Å². The van der Waals surface area contributed by atoms with Gasteiger partial charge in [-0.3, -0.25) is 9.48 Å². The fraction of sp³-hybridized carbons (Fsp3) is 0.368. The summed E-state index contributed by atoms with van der Waals surface area (Å²) in [4.78, 5) is 14.3. The Hall–Kier alpha value is -2.34. The van der Waals surface area contributed by atoms with Crippen molar-refractivity contribution in [2.75, 3.05) is 7.11 Å². The van der Waals surface area contributed by atoms with Gasteiger partial charge in [-0.1, -0.05) is 26.0 Å². The molecule has 0 spiro atoms. The Bertz CT molecular complexity index is 878. The maximum atomic E-state index is 12.5. The number of hydrogen-bond acceptors (Lipinski definition) is 4. The quantitative estimate of drug-likeness (QED) is 0.725. The topological polar surface area (TPSA) is 56.1 Å². The van der Waals surface area contributed by atoms with Crippen LogP contribution in [0.5, 0.6) is 5.75 Å². The molecule has 2 aromatic heterocycles. The molecule has 132 valence electrons. The Morgan fingerprint density at radius 3 is 2.68 bits per heavy atom. The molecular weight excluding hydrogens is 334 g/mol. The van der Waals surface area contributed by atoms with Gasteiger partial charge in [-0.05, 0) is 36.6 Å². The number of aryl methyl sites for hydroxylation is 1. The first-order chi connectivity index (χ1) is 12.0. The number of aromatic nitrogens is 2. The number of carbonyl (C=O) groups excluding carboxylic acids is 1. The zero-order valence-electron chi connectivity index (χ0n) is 15.0. The van der Waals surface area contributed by atoms with E-state index < -0.39 is 0 Å². The molecule has 25 heavy (non-hydrogen) atoms. The summed E-state index contributed by atoms with van der Waals surface area (Å²) < 4.78 is 7.16. The van der Waals surface area contributed by atoms with Gasteiger partial charge in [-0.15, -0.1) is 11.3 Å². The third kappa shape index (κ3) is 3.85. The van der Waals surface area contributed by atoms with Crippen molar-refractivity contribution < 1.29 is 9.53 Å². The molecular formula is C19H23N3O2S. The van der Waals surface area contributed by atoms with E-state index >= 15 is 0 Å². The molecule has 6 heteroatoms. The van der Waals surface area contributed by atoms with Gasteiger partial charge < -0.3 is 10.1 Å². The zero-order valence-corrected chi connectivity index (χ0v) is 15.8. The van der Waals surface area contributed by atoms with Crippen LogP contribution in [0.4, 0.5) is 0 Å². The maximum absolute atomic E-state index is 12.5. The van der Waals surface area contributed by atoms with Crippen molar-refractivity contribution in [2.24, 2.45) is 5.92 Å². The minimum atomic E-state index is -0.0486. The number of amides is 1. The molecule has 0 unspecified atom stereocenters. The van der Waals surface area contributed by atoms with Gasteiger partial charge in [-0.2, -0.15) is 5.10 Å². The first-order valence-electron chi connectivity index (χ1n) is 8.36. The van der Waals surface area contributed by atoms with E-state index in [1.54, 1.807) is 7.11 Å². The van der Waals surface area contributed by atoms with Gasteiger partial charge in [0, 0.05) is 18.5 Å². The lowest BCUT2D eigenvalue weighted by molar-refractivity contribution is 0.0955. The predicted octanol–water partition coefficient (Wildman–Crippen LogP) is 4.00. The summed E-state index contributed by atoms with van der Waals surface area (Å²) in [6.07, 6.45) is 0. The summed E-state index contributed by atoms with van der Waals surface area (Å²) in [6.45, 7) is 7.68.